The number of carbonyl (C=O) groups excluding carboxylic acids is 1. The lowest BCUT2D eigenvalue weighted by Gasteiger charge is -2.42. The van der Waals surface area contributed by atoms with Crippen molar-refractivity contribution in [1.29, 1.82) is 0 Å². The van der Waals surface area contributed by atoms with Gasteiger partial charge >= 0.3 is 6.18 Å². The summed E-state index contributed by atoms with van der Waals surface area (Å²) in [6, 6.07) is 6.26. The average Bonchev–Trinajstić information content (AvgIpc) is 3.33. The number of aromatic amines is 1. The fourth-order valence-corrected chi connectivity index (χ4v) is 3.61. The minimum Gasteiger partial charge on any atom is -0.345 e. The minimum absolute atomic E-state index is 0.119. The van der Waals surface area contributed by atoms with Gasteiger partial charge in [-0.15, -0.1) is 0 Å². The van der Waals surface area contributed by atoms with Gasteiger partial charge in [-0.05, 0) is 12.1 Å². The van der Waals surface area contributed by atoms with E-state index in [2.05, 4.69) is 20.3 Å². The smallest absolute Gasteiger partial charge is 0.345 e. The zero-order valence-electron chi connectivity index (χ0n) is 14.2. The molecule has 0 saturated carbocycles. The molecule has 4 rings (SSSR count). The fraction of sp³-hybridized carbons (Fsp3) is 0.353. The van der Waals surface area contributed by atoms with Crippen LogP contribution in [0.3, 0.4) is 0 Å². The summed E-state index contributed by atoms with van der Waals surface area (Å²) in [4.78, 5) is 25.0. The number of piperazine rings is 1. The van der Waals surface area contributed by atoms with E-state index < -0.39 is 17.7 Å². The van der Waals surface area contributed by atoms with Crippen LogP contribution < -0.4 is 5.32 Å². The fourth-order valence-electron chi connectivity index (χ4n) is 3.61. The number of aromatic nitrogens is 4. The number of carbonyl (C=O) groups is 1. The van der Waals surface area contributed by atoms with Gasteiger partial charge in [-0.3, -0.25) is 14.3 Å². The van der Waals surface area contributed by atoms with Gasteiger partial charge in [0.1, 0.15) is 0 Å². The second-order valence-corrected chi connectivity index (χ2v) is 6.28. The first-order chi connectivity index (χ1) is 13.0. The van der Waals surface area contributed by atoms with E-state index in [4.69, 9.17) is 0 Å². The van der Waals surface area contributed by atoms with Crippen LogP contribution in [-0.4, -0.2) is 56.9 Å². The molecule has 1 aliphatic heterocycles. The number of alkyl halides is 3. The predicted molar refractivity (Wildman–Crippen MR) is 90.9 cm³/mol. The predicted octanol–water partition coefficient (Wildman–Crippen LogP) is 1.58. The summed E-state index contributed by atoms with van der Waals surface area (Å²) in [6.45, 7) is 1.85. The van der Waals surface area contributed by atoms with Gasteiger partial charge in [0.05, 0.1) is 11.0 Å². The van der Waals surface area contributed by atoms with Crippen LogP contribution in [0.4, 0.5) is 13.2 Å². The Morgan fingerprint density at radius 3 is 2.52 bits per heavy atom. The molecule has 7 nitrogen and oxygen atoms in total. The number of aldehydes is 1. The third kappa shape index (κ3) is 2.72. The summed E-state index contributed by atoms with van der Waals surface area (Å²) in [7, 11) is 0. The number of benzene rings is 1. The summed E-state index contributed by atoms with van der Waals surface area (Å²) in [6.07, 6.45) is -1.32. The molecule has 1 fully saturated rings. The van der Waals surface area contributed by atoms with Gasteiger partial charge in [0.2, 0.25) is 11.5 Å². The lowest BCUT2D eigenvalue weighted by atomic mass is 10.1. The topological polar surface area (TPSA) is 78.8 Å². The zero-order valence-corrected chi connectivity index (χ0v) is 14.2. The maximum absolute atomic E-state index is 13.9. The number of nitrogens with one attached hydrogen (secondary N) is 2. The molecule has 0 aliphatic carbocycles. The number of H-pyrrole nitrogens is 1. The van der Waals surface area contributed by atoms with Gasteiger partial charge in [0.15, 0.2) is 12.1 Å². The van der Waals surface area contributed by atoms with E-state index in [1.54, 1.807) is 17.0 Å². The average molecular weight is 378 g/mol. The molecular formula is C17H17F3N6O. The lowest BCUT2D eigenvalue weighted by molar-refractivity contribution is -0.152. The van der Waals surface area contributed by atoms with Crippen LogP contribution in [0.5, 0.6) is 0 Å². The first-order valence-corrected chi connectivity index (χ1v) is 8.45. The maximum Gasteiger partial charge on any atom is 0.449 e. The summed E-state index contributed by atoms with van der Waals surface area (Å²) < 4.78 is 42.7. The Kier molecular flexibility index (Phi) is 4.23. The number of halogens is 3. The molecule has 3 aromatic rings. The molecule has 1 aromatic carbocycles. The lowest BCUT2D eigenvalue weighted by Crippen LogP contribution is -2.60. The van der Waals surface area contributed by atoms with Crippen LogP contribution in [0.15, 0.2) is 36.7 Å². The summed E-state index contributed by atoms with van der Waals surface area (Å²) >= 11 is 0. The molecule has 2 aromatic heterocycles. The van der Waals surface area contributed by atoms with Gasteiger partial charge < -0.3 is 10.3 Å². The maximum atomic E-state index is 13.9. The van der Waals surface area contributed by atoms with E-state index in [9.17, 15) is 18.0 Å². The molecule has 0 spiro atoms. The number of para-hydroxylation sites is 2. The van der Waals surface area contributed by atoms with Crippen molar-refractivity contribution in [1.82, 2.24) is 29.7 Å². The highest BCUT2D eigenvalue weighted by molar-refractivity contribution is 5.80. The van der Waals surface area contributed by atoms with Gasteiger partial charge in [0.25, 0.3) is 0 Å². The van der Waals surface area contributed by atoms with Crippen LogP contribution in [0.1, 0.15) is 11.6 Å². The van der Waals surface area contributed by atoms with Crippen LogP contribution in [0.2, 0.25) is 0 Å². The first kappa shape index (κ1) is 17.7. The van der Waals surface area contributed by atoms with Crippen LogP contribution in [0.25, 0.3) is 11.0 Å². The normalized spacial score (nSPS) is 18.5. The van der Waals surface area contributed by atoms with Gasteiger partial charge in [-0.1, -0.05) is 12.1 Å². The standard InChI is InChI=1S/C17H17F3N6O/c18-17(19,20)15-24-12-3-1-2-4-13(12)26(15)16(11-27,14-22-5-6-23-14)25-9-7-21-8-10-25/h1-6,11,21H,7-10H2,(H,22,23). The van der Waals surface area contributed by atoms with Crippen molar-refractivity contribution in [3.05, 3.63) is 48.3 Å². The molecular weight excluding hydrogens is 361 g/mol. The highest BCUT2D eigenvalue weighted by atomic mass is 19.4. The van der Waals surface area contributed by atoms with E-state index >= 15 is 0 Å². The van der Waals surface area contributed by atoms with Crippen LogP contribution in [-0.2, 0) is 16.6 Å². The van der Waals surface area contributed by atoms with Crippen molar-refractivity contribution in [2.75, 3.05) is 26.2 Å². The third-order valence-electron chi connectivity index (χ3n) is 4.77. The molecule has 1 unspecified atom stereocenters. The molecule has 1 saturated heterocycles. The molecule has 2 N–H and O–H groups in total. The highest BCUT2D eigenvalue weighted by Crippen LogP contribution is 2.38. The second kappa shape index (κ2) is 6.46. The Morgan fingerprint density at radius 1 is 1.15 bits per heavy atom. The minimum atomic E-state index is -4.74. The van der Waals surface area contributed by atoms with Crippen molar-refractivity contribution in [3.8, 4) is 0 Å². The molecule has 0 radical (unpaired) electrons. The summed E-state index contributed by atoms with van der Waals surface area (Å²) in [5.41, 5.74) is -1.41. The Balaban J connectivity index is 2.08. The summed E-state index contributed by atoms with van der Waals surface area (Å²) in [5.74, 6) is -1.02. The number of hydrogen-bond donors (Lipinski definition) is 2. The van der Waals surface area contributed by atoms with Gasteiger partial charge in [0, 0.05) is 38.6 Å². The molecule has 1 aliphatic rings. The highest BCUT2D eigenvalue weighted by Gasteiger charge is 2.50. The molecule has 142 valence electrons. The number of rotatable bonds is 4. The molecule has 27 heavy (non-hydrogen) atoms. The Hall–Kier alpha value is -2.72. The van der Waals surface area contributed by atoms with Crippen molar-refractivity contribution >= 4 is 17.3 Å². The Labute approximate surface area is 152 Å². The third-order valence-corrected chi connectivity index (χ3v) is 4.77. The van der Waals surface area contributed by atoms with Crippen LogP contribution >= 0.6 is 0 Å². The van der Waals surface area contributed by atoms with Crippen molar-refractivity contribution in [2.45, 2.75) is 11.8 Å². The molecule has 10 heteroatoms. The van der Waals surface area contributed by atoms with Crippen molar-refractivity contribution in [3.63, 3.8) is 0 Å². The number of fused-ring (bicyclic) bond motifs is 1. The molecule has 0 amide bonds. The van der Waals surface area contributed by atoms with E-state index in [0.29, 0.717) is 32.5 Å². The van der Waals surface area contributed by atoms with E-state index in [1.807, 2.05) is 0 Å². The zero-order chi connectivity index (χ0) is 19.1. The Bertz CT molecular complexity index is 945. The molecule has 1 atom stereocenters. The van der Waals surface area contributed by atoms with E-state index in [0.717, 1.165) is 4.57 Å². The van der Waals surface area contributed by atoms with Crippen LogP contribution in [0, 0.1) is 0 Å². The number of nitrogens with zero attached hydrogens (tertiary/aromatic N) is 4. The summed E-state index contributed by atoms with van der Waals surface area (Å²) in [5, 5.41) is 3.15. The van der Waals surface area contributed by atoms with Crippen molar-refractivity contribution < 1.29 is 18.0 Å². The van der Waals surface area contributed by atoms with Gasteiger partial charge in [-0.25, -0.2) is 9.97 Å². The second-order valence-electron chi connectivity index (χ2n) is 6.28. The first-order valence-electron chi connectivity index (χ1n) is 8.45. The van der Waals surface area contributed by atoms with Crippen molar-refractivity contribution in [2.24, 2.45) is 0 Å². The van der Waals surface area contributed by atoms with E-state index in [1.165, 1.54) is 24.5 Å². The largest absolute Gasteiger partial charge is 0.449 e. The number of imidazole rings is 2. The number of hydrogen-bond acceptors (Lipinski definition) is 5. The Morgan fingerprint density at radius 2 is 1.89 bits per heavy atom. The molecule has 3 heterocycles. The monoisotopic (exact) mass is 378 g/mol. The molecule has 0 bridgehead atoms. The van der Waals surface area contributed by atoms with Gasteiger partial charge in [-0.2, -0.15) is 13.2 Å². The quantitative estimate of drug-likeness (QED) is 0.674. The SMILES string of the molecule is O=CC(c1ncc[nH]1)(N1CCNCC1)n1c(C(F)(F)F)nc2ccccc21. The van der Waals surface area contributed by atoms with E-state index in [-0.39, 0.29) is 16.9 Å².